The van der Waals surface area contributed by atoms with Crippen LogP contribution >= 0.6 is 0 Å². The minimum Gasteiger partial charge on any atom is -0.414 e. The van der Waals surface area contributed by atoms with E-state index in [1.54, 1.807) is 0 Å². The third-order valence-electron chi connectivity index (χ3n) is 2.12. The number of carbonyl (C=O) groups is 1. The van der Waals surface area contributed by atoms with Crippen LogP contribution in [-0.4, -0.2) is 25.1 Å². The topological polar surface area (TPSA) is 50.7 Å². The summed E-state index contributed by atoms with van der Waals surface area (Å²) in [5.41, 5.74) is 0. The van der Waals surface area contributed by atoms with Crippen molar-refractivity contribution in [3.05, 3.63) is 0 Å². The second-order valence-electron chi connectivity index (χ2n) is 2.84. The summed E-state index contributed by atoms with van der Waals surface area (Å²) in [5, 5.41) is 3.15. The SMILES string of the molecule is O=C1OC=NC2NCCCC12. The van der Waals surface area contributed by atoms with E-state index in [0.717, 1.165) is 19.4 Å². The van der Waals surface area contributed by atoms with Gasteiger partial charge in [-0.05, 0) is 19.4 Å². The van der Waals surface area contributed by atoms with Crippen LogP contribution in [0.3, 0.4) is 0 Å². The minimum atomic E-state index is -0.141. The molecule has 2 unspecified atom stereocenters. The Morgan fingerprint density at radius 3 is 3.45 bits per heavy atom. The second-order valence-corrected chi connectivity index (χ2v) is 2.84. The van der Waals surface area contributed by atoms with Crippen molar-refractivity contribution in [3.63, 3.8) is 0 Å². The second kappa shape index (κ2) is 2.62. The van der Waals surface area contributed by atoms with E-state index in [9.17, 15) is 4.79 Å². The fourth-order valence-corrected chi connectivity index (χ4v) is 1.51. The van der Waals surface area contributed by atoms with Gasteiger partial charge in [0.1, 0.15) is 6.17 Å². The number of aliphatic imine (C=N–C) groups is 1. The van der Waals surface area contributed by atoms with Crippen molar-refractivity contribution in [2.45, 2.75) is 19.0 Å². The molecule has 2 heterocycles. The van der Waals surface area contributed by atoms with Crippen LogP contribution in [0.15, 0.2) is 4.99 Å². The van der Waals surface area contributed by atoms with Gasteiger partial charge in [0, 0.05) is 0 Å². The number of carbonyl (C=O) groups excluding carboxylic acids is 1. The Hall–Kier alpha value is -0.900. The van der Waals surface area contributed by atoms with E-state index < -0.39 is 0 Å². The van der Waals surface area contributed by atoms with Gasteiger partial charge < -0.3 is 4.74 Å². The Balaban J connectivity index is 2.15. The monoisotopic (exact) mass is 154 g/mol. The molecule has 0 aromatic carbocycles. The van der Waals surface area contributed by atoms with Crippen LogP contribution in [0.2, 0.25) is 0 Å². The van der Waals surface area contributed by atoms with Gasteiger partial charge in [0.05, 0.1) is 5.92 Å². The van der Waals surface area contributed by atoms with Gasteiger partial charge in [0.25, 0.3) is 0 Å². The van der Waals surface area contributed by atoms with Crippen LogP contribution in [0.1, 0.15) is 12.8 Å². The summed E-state index contributed by atoms with van der Waals surface area (Å²) < 4.78 is 4.68. The largest absolute Gasteiger partial charge is 0.414 e. The molecule has 0 amide bonds. The van der Waals surface area contributed by atoms with Crippen LogP contribution in [0, 0.1) is 5.92 Å². The maximum Gasteiger partial charge on any atom is 0.318 e. The molecule has 2 aliphatic heterocycles. The lowest BCUT2D eigenvalue weighted by Gasteiger charge is -2.29. The zero-order valence-corrected chi connectivity index (χ0v) is 6.12. The van der Waals surface area contributed by atoms with E-state index in [2.05, 4.69) is 15.0 Å². The maximum atomic E-state index is 11.1. The van der Waals surface area contributed by atoms with E-state index in [-0.39, 0.29) is 18.1 Å². The molecule has 0 saturated carbocycles. The molecule has 1 N–H and O–H groups in total. The number of ether oxygens (including phenoxy) is 1. The molecule has 0 aromatic rings. The fourth-order valence-electron chi connectivity index (χ4n) is 1.51. The van der Waals surface area contributed by atoms with Crippen molar-refractivity contribution in [1.82, 2.24) is 5.32 Å². The average molecular weight is 154 g/mol. The fraction of sp³-hybridized carbons (Fsp3) is 0.714. The number of fused-ring (bicyclic) bond motifs is 1. The standard InChI is InChI=1S/C7H10N2O2/c10-7-5-2-1-3-8-6(5)9-4-11-7/h4-6,8H,1-3H2. The summed E-state index contributed by atoms with van der Waals surface area (Å²) >= 11 is 0. The third-order valence-corrected chi connectivity index (χ3v) is 2.12. The van der Waals surface area contributed by atoms with Gasteiger partial charge in [-0.15, -0.1) is 0 Å². The van der Waals surface area contributed by atoms with Crippen molar-refractivity contribution < 1.29 is 9.53 Å². The van der Waals surface area contributed by atoms with Crippen LogP contribution < -0.4 is 5.32 Å². The quantitative estimate of drug-likeness (QED) is 0.495. The molecule has 0 bridgehead atoms. The first-order chi connectivity index (χ1) is 5.38. The molecular weight excluding hydrogens is 144 g/mol. The molecule has 2 atom stereocenters. The molecule has 0 aromatic heterocycles. The number of hydrogen-bond donors (Lipinski definition) is 1. The lowest BCUT2D eigenvalue weighted by Crippen LogP contribution is -2.46. The summed E-state index contributed by atoms with van der Waals surface area (Å²) in [6.45, 7) is 0.950. The smallest absolute Gasteiger partial charge is 0.318 e. The average Bonchev–Trinajstić information content (AvgIpc) is 2.06. The lowest BCUT2D eigenvalue weighted by molar-refractivity contribution is -0.142. The summed E-state index contributed by atoms with van der Waals surface area (Å²) in [7, 11) is 0. The summed E-state index contributed by atoms with van der Waals surface area (Å²) in [4.78, 5) is 15.1. The lowest BCUT2D eigenvalue weighted by atomic mass is 9.96. The maximum absolute atomic E-state index is 11.1. The number of esters is 1. The molecule has 4 nitrogen and oxygen atoms in total. The first kappa shape index (κ1) is 6.79. The predicted molar refractivity (Wildman–Crippen MR) is 39.1 cm³/mol. The van der Waals surface area contributed by atoms with Gasteiger partial charge in [-0.2, -0.15) is 0 Å². The Bertz CT molecular complexity index is 203. The van der Waals surface area contributed by atoms with Crippen molar-refractivity contribution in [2.24, 2.45) is 10.9 Å². The van der Waals surface area contributed by atoms with Crippen LogP contribution in [-0.2, 0) is 9.53 Å². The summed E-state index contributed by atoms with van der Waals surface area (Å²) in [6.07, 6.45) is 3.14. The first-order valence-corrected chi connectivity index (χ1v) is 3.83. The minimum absolute atomic E-state index is 0.0231. The summed E-state index contributed by atoms with van der Waals surface area (Å²) in [5.74, 6) is -0.189. The highest BCUT2D eigenvalue weighted by Crippen LogP contribution is 2.20. The normalized spacial score (nSPS) is 36.2. The van der Waals surface area contributed by atoms with Gasteiger partial charge in [0.15, 0.2) is 6.40 Å². The number of rotatable bonds is 0. The van der Waals surface area contributed by atoms with Crippen molar-refractivity contribution >= 4 is 12.4 Å². The van der Waals surface area contributed by atoms with Gasteiger partial charge in [-0.3, -0.25) is 10.1 Å². The van der Waals surface area contributed by atoms with Gasteiger partial charge in [-0.1, -0.05) is 0 Å². The van der Waals surface area contributed by atoms with E-state index in [0.29, 0.717) is 0 Å². The van der Waals surface area contributed by atoms with Crippen LogP contribution in [0.4, 0.5) is 0 Å². The molecule has 1 saturated heterocycles. The highest BCUT2D eigenvalue weighted by Gasteiger charge is 2.33. The third kappa shape index (κ3) is 1.14. The van der Waals surface area contributed by atoms with Gasteiger partial charge >= 0.3 is 5.97 Å². The van der Waals surface area contributed by atoms with Gasteiger partial charge in [0.2, 0.25) is 0 Å². The van der Waals surface area contributed by atoms with E-state index in [1.165, 1.54) is 6.40 Å². The highest BCUT2D eigenvalue weighted by atomic mass is 16.5. The Kier molecular flexibility index (Phi) is 1.62. The number of nitrogens with one attached hydrogen (secondary N) is 1. The number of piperidine rings is 1. The van der Waals surface area contributed by atoms with Crippen LogP contribution in [0.5, 0.6) is 0 Å². The van der Waals surface area contributed by atoms with E-state index >= 15 is 0 Å². The molecule has 0 aliphatic carbocycles. The zero-order valence-electron chi connectivity index (χ0n) is 6.12. The van der Waals surface area contributed by atoms with Crippen LogP contribution in [0.25, 0.3) is 0 Å². The zero-order chi connectivity index (χ0) is 7.68. The summed E-state index contributed by atoms with van der Waals surface area (Å²) in [6, 6.07) is 0. The number of nitrogens with zero attached hydrogens (tertiary/aromatic N) is 1. The Morgan fingerprint density at radius 2 is 2.64 bits per heavy atom. The Morgan fingerprint density at radius 1 is 1.73 bits per heavy atom. The number of cyclic esters (lactones) is 1. The Labute approximate surface area is 64.6 Å². The van der Waals surface area contributed by atoms with Crippen molar-refractivity contribution in [3.8, 4) is 0 Å². The molecule has 11 heavy (non-hydrogen) atoms. The first-order valence-electron chi connectivity index (χ1n) is 3.83. The van der Waals surface area contributed by atoms with Crippen molar-refractivity contribution in [2.75, 3.05) is 6.54 Å². The highest BCUT2D eigenvalue weighted by molar-refractivity contribution is 5.82. The molecule has 2 rings (SSSR count). The molecule has 0 spiro atoms. The molecule has 2 aliphatic rings. The molecular formula is C7H10N2O2. The number of hydrogen-bond acceptors (Lipinski definition) is 4. The van der Waals surface area contributed by atoms with E-state index in [1.807, 2.05) is 0 Å². The van der Waals surface area contributed by atoms with E-state index in [4.69, 9.17) is 0 Å². The van der Waals surface area contributed by atoms with Crippen molar-refractivity contribution in [1.29, 1.82) is 0 Å². The molecule has 4 heteroatoms. The molecule has 1 fully saturated rings. The molecule has 60 valence electrons. The molecule has 0 radical (unpaired) electrons. The van der Waals surface area contributed by atoms with Gasteiger partial charge in [-0.25, -0.2) is 4.99 Å². The predicted octanol–water partition coefficient (Wildman–Crippen LogP) is -0.103.